The van der Waals surface area contributed by atoms with Crippen LogP contribution in [0.15, 0.2) is 17.0 Å². The van der Waals surface area contributed by atoms with Crippen LogP contribution >= 0.6 is 23.2 Å². The van der Waals surface area contributed by atoms with Crippen LogP contribution in [-0.2, 0) is 10.0 Å². The molecule has 0 aliphatic heterocycles. The van der Waals surface area contributed by atoms with Crippen molar-refractivity contribution < 1.29 is 13.5 Å². The number of rotatable bonds is 6. The van der Waals surface area contributed by atoms with Gasteiger partial charge in [-0.25, -0.2) is 8.42 Å². The van der Waals surface area contributed by atoms with E-state index in [-0.39, 0.29) is 39.8 Å². The average Bonchev–Trinajstić information content (AvgIpc) is 2.38. The minimum Gasteiger partial charge on any atom is -0.396 e. The lowest BCUT2D eigenvalue weighted by Crippen LogP contribution is -2.44. The maximum absolute atomic E-state index is 12.8. The summed E-state index contributed by atoms with van der Waals surface area (Å²) in [7, 11) is -3.75. The van der Waals surface area contributed by atoms with Crippen molar-refractivity contribution in [1.82, 2.24) is 4.31 Å². The lowest BCUT2D eigenvalue weighted by Gasteiger charge is -2.36. The van der Waals surface area contributed by atoms with Gasteiger partial charge in [0.2, 0.25) is 10.0 Å². The monoisotopic (exact) mass is 352 g/mol. The van der Waals surface area contributed by atoms with Gasteiger partial charge in [0.25, 0.3) is 0 Å². The third kappa shape index (κ3) is 3.29. The molecule has 1 aliphatic carbocycles. The maximum atomic E-state index is 12.8. The van der Waals surface area contributed by atoms with E-state index in [4.69, 9.17) is 34.0 Å². The Morgan fingerprint density at radius 3 is 2.52 bits per heavy atom. The fourth-order valence-electron chi connectivity index (χ4n) is 2.28. The van der Waals surface area contributed by atoms with Crippen molar-refractivity contribution in [2.24, 2.45) is 0 Å². The molecule has 3 N–H and O–H groups in total. The Kier molecular flexibility index (Phi) is 5.38. The second-order valence-corrected chi connectivity index (χ2v) is 7.69. The molecule has 2 rings (SSSR count). The minimum atomic E-state index is -3.75. The highest BCUT2D eigenvalue weighted by Gasteiger charge is 2.36. The third-order valence-corrected chi connectivity index (χ3v) is 6.54. The first-order valence-electron chi connectivity index (χ1n) is 6.75. The van der Waals surface area contributed by atoms with Gasteiger partial charge in [-0.2, -0.15) is 4.31 Å². The number of nitrogens with two attached hydrogens (primary N) is 1. The van der Waals surface area contributed by atoms with Crippen molar-refractivity contribution >= 4 is 38.9 Å². The zero-order valence-electron chi connectivity index (χ0n) is 11.4. The highest BCUT2D eigenvalue weighted by atomic mass is 35.5. The zero-order chi connectivity index (χ0) is 15.6. The first kappa shape index (κ1) is 16.8. The van der Waals surface area contributed by atoms with E-state index in [1.165, 1.54) is 16.4 Å². The highest BCUT2D eigenvalue weighted by Crippen LogP contribution is 2.37. The molecular formula is C13H18Cl2N2O3S. The summed E-state index contributed by atoms with van der Waals surface area (Å²) < 4.78 is 27.1. The zero-order valence-corrected chi connectivity index (χ0v) is 13.8. The molecule has 0 atom stereocenters. The number of hydrogen-bond acceptors (Lipinski definition) is 4. The Labute approximate surface area is 134 Å². The predicted octanol–water partition coefficient (Wildman–Crippen LogP) is 2.50. The van der Waals surface area contributed by atoms with E-state index >= 15 is 0 Å². The van der Waals surface area contributed by atoms with E-state index in [0.717, 1.165) is 19.3 Å². The molecule has 0 heterocycles. The van der Waals surface area contributed by atoms with Gasteiger partial charge in [0.1, 0.15) is 4.90 Å². The molecule has 1 aromatic rings. The second kappa shape index (κ2) is 6.71. The summed E-state index contributed by atoms with van der Waals surface area (Å²) in [6.45, 7) is 0.206. The van der Waals surface area contributed by atoms with Gasteiger partial charge in [-0.05, 0) is 31.4 Å². The molecule has 0 unspecified atom stereocenters. The van der Waals surface area contributed by atoms with Crippen LogP contribution in [0.2, 0.25) is 10.0 Å². The van der Waals surface area contributed by atoms with Crippen molar-refractivity contribution in [2.75, 3.05) is 18.9 Å². The Morgan fingerprint density at radius 2 is 2.00 bits per heavy atom. The molecule has 1 fully saturated rings. The van der Waals surface area contributed by atoms with Crippen molar-refractivity contribution in [3.05, 3.63) is 22.2 Å². The van der Waals surface area contributed by atoms with Gasteiger partial charge in [0.15, 0.2) is 0 Å². The van der Waals surface area contributed by atoms with Crippen molar-refractivity contribution in [3.63, 3.8) is 0 Å². The summed E-state index contributed by atoms with van der Waals surface area (Å²) in [5.41, 5.74) is 5.78. The number of aliphatic hydroxyl groups is 1. The number of halogens is 2. The maximum Gasteiger partial charge on any atom is 0.244 e. The van der Waals surface area contributed by atoms with Gasteiger partial charge in [0.05, 0.1) is 15.7 Å². The standard InChI is InChI=1S/C13H18Cl2N2O3S/c14-10-5-6-11(12(15)13(10)16)21(19,20)17(7-2-8-18)9-3-1-4-9/h5-6,9,18H,1-4,7-8,16H2. The number of benzene rings is 1. The number of anilines is 1. The molecule has 118 valence electrons. The van der Waals surface area contributed by atoms with Gasteiger partial charge in [-0.3, -0.25) is 0 Å². The molecule has 1 aromatic carbocycles. The number of nitrogen functional groups attached to an aromatic ring is 1. The molecule has 1 aliphatic rings. The van der Waals surface area contributed by atoms with Crippen LogP contribution in [0, 0.1) is 0 Å². The van der Waals surface area contributed by atoms with Crippen LogP contribution in [-0.4, -0.2) is 37.0 Å². The Morgan fingerprint density at radius 1 is 1.33 bits per heavy atom. The van der Waals surface area contributed by atoms with Crippen molar-refractivity contribution in [1.29, 1.82) is 0 Å². The quantitative estimate of drug-likeness (QED) is 0.770. The van der Waals surface area contributed by atoms with Gasteiger partial charge in [0, 0.05) is 19.2 Å². The van der Waals surface area contributed by atoms with E-state index in [9.17, 15) is 8.42 Å². The molecular weight excluding hydrogens is 335 g/mol. The third-order valence-electron chi connectivity index (χ3n) is 3.70. The molecule has 0 amide bonds. The number of nitrogens with zero attached hydrogens (tertiary/aromatic N) is 1. The van der Waals surface area contributed by atoms with E-state index in [1.54, 1.807) is 0 Å². The summed E-state index contributed by atoms with van der Waals surface area (Å²) in [5, 5.41) is 9.15. The van der Waals surface area contributed by atoms with Crippen LogP contribution in [0.4, 0.5) is 5.69 Å². The topological polar surface area (TPSA) is 83.6 Å². The lowest BCUT2D eigenvalue weighted by molar-refractivity contribution is 0.198. The van der Waals surface area contributed by atoms with E-state index in [1.807, 2.05) is 0 Å². The fraction of sp³-hybridized carbons (Fsp3) is 0.538. The first-order chi connectivity index (χ1) is 9.89. The summed E-state index contributed by atoms with van der Waals surface area (Å²) in [6, 6.07) is 2.77. The summed E-state index contributed by atoms with van der Waals surface area (Å²) in [4.78, 5) is -0.0316. The average molecular weight is 353 g/mol. The Bertz CT molecular complexity index is 618. The van der Waals surface area contributed by atoms with Crippen molar-refractivity contribution in [2.45, 2.75) is 36.6 Å². The molecule has 1 saturated carbocycles. The lowest BCUT2D eigenvalue weighted by atomic mass is 9.93. The smallest absolute Gasteiger partial charge is 0.244 e. The summed E-state index contributed by atoms with van der Waals surface area (Å²) >= 11 is 11.9. The van der Waals surface area contributed by atoms with Crippen LogP contribution in [0.3, 0.4) is 0 Å². The Hall–Kier alpha value is -0.530. The SMILES string of the molecule is Nc1c(Cl)ccc(S(=O)(=O)N(CCCO)C2CCC2)c1Cl. The van der Waals surface area contributed by atoms with Crippen LogP contribution in [0.5, 0.6) is 0 Å². The summed E-state index contributed by atoms with van der Waals surface area (Å²) in [5.74, 6) is 0. The van der Waals surface area contributed by atoms with E-state index in [2.05, 4.69) is 0 Å². The predicted molar refractivity (Wildman–Crippen MR) is 84.1 cm³/mol. The van der Waals surface area contributed by atoms with Crippen LogP contribution in [0.1, 0.15) is 25.7 Å². The highest BCUT2D eigenvalue weighted by molar-refractivity contribution is 7.89. The molecule has 5 nitrogen and oxygen atoms in total. The minimum absolute atomic E-state index is 0.0316. The molecule has 0 spiro atoms. The molecule has 8 heteroatoms. The molecule has 21 heavy (non-hydrogen) atoms. The molecule has 0 radical (unpaired) electrons. The van der Waals surface area contributed by atoms with E-state index in [0.29, 0.717) is 6.42 Å². The Balaban J connectivity index is 2.40. The molecule has 0 saturated heterocycles. The molecule has 0 bridgehead atoms. The number of hydrogen-bond donors (Lipinski definition) is 2. The van der Waals surface area contributed by atoms with Crippen molar-refractivity contribution in [3.8, 4) is 0 Å². The van der Waals surface area contributed by atoms with Gasteiger partial charge >= 0.3 is 0 Å². The number of aliphatic hydroxyl groups excluding tert-OH is 1. The summed E-state index contributed by atoms with van der Waals surface area (Å²) in [6.07, 6.45) is 3.04. The first-order valence-corrected chi connectivity index (χ1v) is 8.95. The number of sulfonamides is 1. The van der Waals surface area contributed by atoms with Crippen LogP contribution < -0.4 is 5.73 Å². The second-order valence-electron chi connectivity index (χ2n) is 5.05. The normalized spacial score (nSPS) is 16.2. The van der Waals surface area contributed by atoms with Gasteiger partial charge in [-0.1, -0.05) is 29.6 Å². The fourth-order valence-corrected chi connectivity index (χ4v) is 4.74. The largest absolute Gasteiger partial charge is 0.396 e. The van der Waals surface area contributed by atoms with Gasteiger partial charge < -0.3 is 10.8 Å². The van der Waals surface area contributed by atoms with E-state index < -0.39 is 10.0 Å². The van der Waals surface area contributed by atoms with Gasteiger partial charge in [-0.15, -0.1) is 0 Å². The van der Waals surface area contributed by atoms with Crippen LogP contribution in [0.25, 0.3) is 0 Å². The molecule has 0 aromatic heterocycles.